The van der Waals surface area contributed by atoms with Crippen LogP contribution in [0.4, 0.5) is 19.2 Å². The van der Waals surface area contributed by atoms with E-state index in [0.717, 1.165) is 84.6 Å². The molecule has 8 amide bonds. The van der Waals surface area contributed by atoms with Crippen LogP contribution in [-0.2, 0) is 28.5 Å². The Morgan fingerprint density at radius 2 is 0.842 bits per heavy atom. The minimum Gasteiger partial charge on any atom is -0.456 e. The first-order chi connectivity index (χ1) is 57.8. The van der Waals surface area contributed by atoms with E-state index < -0.39 is 72.3 Å². The molecule has 30 nitrogen and oxygen atoms in total. The maximum atomic E-state index is 15.4. The first kappa shape index (κ1) is 79.5. The van der Waals surface area contributed by atoms with Gasteiger partial charge in [-0.2, -0.15) is 0 Å². The smallest absolute Gasteiger partial charge is 0.425 e. The lowest BCUT2D eigenvalue weighted by Crippen LogP contribution is -2.51. The van der Waals surface area contributed by atoms with Gasteiger partial charge in [-0.05, 0) is 156 Å². The molecule has 8 aromatic heterocycles. The topological polar surface area (TPSA) is 376 Å². The molecule has 0 saturated carbocycles. The zero-order valence-corrected chi connectivity index (χ0v) is 68.1. The summed E-state index contributed by atoms with van der Waals surface area (Å²) in [4.78, 5) is 145. The van der Waals surface area contributed by atoms with Gasteiger partial charge in [0.15, 0.2) is 0 Å². The van der Waals surface area contributed by atoms with E-state index in [1.54, 1.807) is 74.4 Å². The summed E-state index contributed by atoms with van der Waals surface area (Å²) in [5.41, 5.74) is 18.6. The first-order valence-corrected chi connectivity index (χ1v) is 39.8. The number of nitrogens with one attached hydrogen (secondary N) is 8. The standard InChI is InChI=1S/C90H90N16O14/c1-45(2)76(99-87(111)115-9)85(109)103-33-13-14-67(103)79-91-42-65(95-79)59-29-27-55-34-53(23-25-57(55)36-59)50-17-21-52(22-18-50)64-41-94-82(98-64)73-71-39-62(78(120-71)75(73)84(108)106(48(7)8)102-90(114)118-12)61-38-68(104(44-61)86(110)77(46(3)4)100-88(112)116-10)80-92-43-66(96-80)60-30-28-56-35-54(24-26-58(56)37-60)49-15-19-51(20-16-49)63-40-93-81(97-63)72-69-31-32-70(119-69)74(72)83(107)105(47(5)6)101-89(113)117-11/h15-32,34-37,39-43,45-48,61,67-68,76-77H,13-14,33,38,44H2,1-12H3,(H,91,95)(H,92,96)(H,93,97)(H,94,98)(H,99,111)(H,100,112)(H,101,113)(H,102,114)/t61?,67-,68-,76-,77-/m0/s1. The zero-order valence-electron chi connectivity index (χ0n) is 68.1. The van der Waals surface area contributed by atoms with Crippen LogP contribution in [0.2, 0.25) is 0 Å². The third kappa shape index (κ3) is 15.1. The largest absolute Gasteiger partial charge is 0.456 e. The normalized spacial score (nSPS) is 15.4. The van der Waals surface area contributed by atoms with Gasteiger partial charge in [-0.1, -0.05) is 125 Å². The van der Waals surface area contributed by atoms with Crippen molar-refractivity contribution in [1.82, 2.24) is 81.2 Å². The van der Waals surface area contributed by atoms with Gasteiger partial charge in [0.05, 0.1) is 110 Å². The Hall–Kier alpha value is -14.3. The summed E-state index contributed by atoms with van der Waals surface area (Å²) in [6, 6.07) is 42.7. The maximum absolute atomic E-state index is 15.4. The SMILES string of the molecule is COC(=O)N[C@H](C(=O)N1CCC[C@H]1c1ncc(-c2ccc3cc(-c4ccc(-c5cnc(-c6c(C(=O)N(NC(=O)OC)C(C)C)c7oc6cc7C6C[C@@H](c7ncc(-c8ccc9cc(-c%10ccc(-c%11cnc(-c%12c(C(=O)N(NC(=O)OC)C(C)C)c%13ccc%12o%13)[nH]%11)cc%10)ccc9c8)[nH]7)N(C(=O)[C@@H](NC(=O)OC)C(C)C)C6)[nH]5)cc4)ccc3c2)[nH]1)C(C)C. The number of furan rings is 4. The van der Waals surface area contributed by atoms with Crippen LogP contribution < -0.4 is 21.5 Å². The predicted octanol–water partition coefficient (Wildman–Crippen LogP) is 16.3. The van der Waals surface area contributed by atoms with Crippen molar-refractivity contribution in [1.29, 1.82) is 0 Å². The van der Waals surface area contributed by atoms with E-state index >= 15 is 9.59 Å². The molecule has 16 rings (SSSR count). The lowest BCUT2D eigenvalue weighted by molar-refractivity contribution is -0.136. The average molecular weight is 1620 g/mol. The number of hydrogen-bond donors (Lipinski definition) is 8. The van der Waals surface area contributed by atoms with Gasteiger partial charge >= 0.3 is 24.4 Å². The number of amides is 8. The van der Waals surface area contributed by atoms with Crippen molar-refractivity contribution in [3.8, 4) is 90.1 Å². The van der Waals surface area contributed by atoms with Gasteiger partial charge in [0.1, 0.15) is 57.7 Å². The molecule has 2 aliphatic rings. The van der Waals surface area contributed by atoms with E-state index in [0.29, 0.717) is 86.8 Å². The second-order valence-corrected chi connectivity index (χ2v) is 31.5. The summed E-state index contributed by atoms with van der Waals surface area (Å²) in [7, 11) is 4.96. The number of fused-ring (bicyclic) bond motifs is 6. The molecule has 0 spiro atoms. The summed E-state index contributed by atoms with van der Waals surface area (Å²) in [5, 5.41) is 11.9. The van der Waals surface area contributed by atoms with Crippen molar-refractivity contribution in [3.05, 3.63) is 193 Å². The minimum atomic E-state index is -0.997. The van der Waals surface area contributed by atoms with Crippen LogP contribution in [0.25, 0.3) is 134 Å². The quantitative estimate of drug-likeness (QED) is 0.0245. The monoisotopic (exact) mass is 1620 g/mol. The number of imidazole rings is 4. The highest BCUT2D eigenvalue weighted by Crippen LogP contribution is 2.49. The Kier molecular flexibility index (Phi) is 21.6. The molecule has 30 heteroatoms. The van der Waals surface area contributed by atoms with Gasteiger partial charge in [-0.25, -0.2) is 60.0 Å². The molecule has 4 bridgehead atoms. The molecular formula is C90H90N16O14. The number of nitrogens with zero attached hydrogens (tertiary/aromatic N) is 8. The third-order valence-corrected chi connectivity index (χ3v) is 22.7. The van der Waals surface area contributed by atoms with Crippen molar-refractivity contribution < 1.29 is 66.1 Å². The van der Waals surface area contributed by atoms with Crippen LogP contribution in [0.5, 0.6) is 0 Å². The van der Waals surface area contributed by atoms with Gasteiger partial charge in [0, 0.05) is 47.8 Å². The van der Waals surface area contributed by atoms with Gasteiger partial charge in [0.25, 0.3) is 11.8 Å². The number of methoxy groups -OCH3 is 4. The fourth-order valence-corrected chi connectivity index (χ4v) is 16.4. The lowest BCUT2D eigenvalue weighted by atomic mass is 9.92. The summed E-state index contributed by atoms with van der Waals surface area (Å²) in [6.07, 6.45) is 5.72. The molecule has 120 heavy (non-hydrogen) atoms. The lowest BCUT2D eigenvalue weighted by Gasteiger charge is -2.30. The Balaban J connectivity index is 0.640. The molecule has 0 radical (unpaired) electrons. The number of hydrogen-bond acceptors (Lipinski definition) is 18. The molecule has 2 aliphatic heterocycles. The molecule has 10 heterocycles. The van der Waals surface area contributed by atoms with E-state index in [-0.39, 0.29) is 52.9 Å². The molecule has 5 atom stereocenters. The second-order valence-electron chi connectivity index (χ2n) is 31.5. The number of benzene rings is 8. The highest BCUT2D eigenvalue weighted by molar-refractivity contribution is 6.13. The number of rotatable bonds is 21. The highest BCUT2D eigenvalue weighted by atomic mass is 16.6. The Bertz CT molecular complexity index is 6230. The van der Waals surface area contributed by atoms with Crippen LogP contribution in [-0.4, -0.2) is 173 Å². The first-order valence-electron chi connectivity index (χ1n) is 39.8. The van der Waals surface area contributed by atoms with E-state index in [2.05, 4.69) is 101 Å². The van der Waals surface area contributed by atoms with Gasteiger partial charge in [0.2, 0.25) is 11.8 Å². The molecule has 1 unspecified atom stereocenters. The van der Waals surface area contributed by atoms with Crippen molar-refractivity contribution in [2.45, 2.75) is 117 Å². The third-order valence-electron chi connectivity index (χ3n) is 22.7. The number of aromatic amines is 4. The molecular weight excluding hydrogens is 1530 g/mol. The van der Waals surface area contributed by atoms with Crippen LogP contribution in [0.3, 0.4) is 0 Å². The molecule has 2 fully saturated rings. The molecule has 0 aliphatic carbocycles. The van der Waals surface area contributed by atoms with E-state index in [9.17, 15) is 28.8 Å². The fourth-order valence-electron chi connectivity index (χ4n) is 16.4. The summed E-state index contributed by atoms with van der Waals surface area (Å²) < 4.78 is 32.3. The van der Waals surface area contributed by atoms with Crippen LogP contribution in [0.15, 0.2) is 173 Å². The average Bonchev–Trinajstić information content (AvgIpc) is 1.58. The van der Waals surface area contributed by atoms with E-state index in [1.807, 2.05) is 100 Å². The van der Waals surface area contributed by atoms with Gasteiger partial charge in [-0.15, -0.1) is 0 Å². The summed E-state index contributed by atoms with van der Waals surface area (Å²) >= 11 is 0. The number of hydrazine groups is 2. The Morgan fingerprint density at radius 3 is 1.32 bits per heavy atom. The number of ether oxygens (including phenoxy) is 4. The van der Waals surface area contributed by atoms with E-state index in [1.165, 1.54) is 38.5 Å². The van der Waals surface area contributed by atoms with Crippen LogP contribution in [0.1, 0.15) is 131 Å². The molecule has 614 valence electrons. The van der Waals surface area contributed by atoms with Crippen molar-refractivity contribution in [3.63, 3.8) is 0 Å². The van der Waals surface area contributed by atoms with Gasteiger partial charge in [-0.3, -0.25) is 19.2 Å². The van der Waals surface area contributed by atoms with Gasteiger partial charge < -0.3 is 68.2 Å². The number of carbonyl (C=O) groups is 8. The molecule has 6 aromatic carbocycles. The number of aromatic nitrogens is 8. The maximum Gasteiger partial charge on any atom is 0.425 e. The Morgan fingerprint density at radius 1 is 0.433 bits per heavy atom. The minimum absolute atomic E-state index is 0.127. The highest BCUT2D eigenvalue weighted by Gasteiger charge is 2.46. The zero-order chi connectivity index (χ0) is 84.2. The summed E-state index contributed by atoms with van der Waals surface area (Å²) in [5.74, 6) is -0.670. The molecule has 2 saturated heterocycles. The number of alkyl carbamates (subject to hydrolysis) is 2. The number of H-pyrrole nitrogens is 4. The number of likely N-dealkylation sites (tertiary alicyclic amines) is 2. The molecule has 14 aromatic rings. The van der Waals surface area contributed by atoms with Crippen molar-refractivity contribution in [2.24, 2.45) is 11.8 Å². The van der Waals surface area contributed by atoms with Crippen LogP contribution in [0, 0.1) is 11.8 Å². The number of carbonyl (C=O) groups excluding carboxylic acids is 8. The molecule has 8 N–H and O–H groups in total. The van der Waals surface area contributed by atoms with Crippen molar-refractivity contribution in [2.75, 3.05) is 41.5 Å². The van der Waals surface area contributed by atoms with Crippen molar-refractivity contribution >= 4 is 91.9 Å². The second kappa shape index (κ2) is 32.6. The fraction of sp³-hybridized carbons (Fsp3) is 0.289. The van der Waals surface area contributed by atoms with Crippen LogP contribution >= 0.6 is 0 Å². The Labute approximate surface area is 688 Å². The summed E-state index contributed by atoms with van der Waals surface area (Å²) in [6.45, 7) is 15.2. The predicted molar refractivity (Wildman–Crippen MR) is 449 cm³/mol. The van der Waals surface area contributed by atoms with E-state index in [4.69, 9.17) is 42.7 Å².